The number of nitrogens with zero attached hydrogens (tertiary/aromatic N) is 1. The lowest BCUT2D eigenvalue weighted by molar-refractivity contribution is -0.126. The minimum absolute atomic E-state index is 0.146. The smallest absolute Gasteiger partial charge is 0.413 e. The lowest BCUT2D eigenvalue weighted by atomic mass is 10.2. The molecule has 0 unspecified atom stereocenters. The quantitative estimate of drug-likeness (QED) is 0.923. The highest BCUT2D eigenvalue weighted by Crippen LogP contribution is 2.29. The summed E-state index contributed by atoms with van der Waals surface area (Å²) in [6.45, 7) is 9.42. The molecule has 1 aliphatic rings. The summed E-state index contributed by atoms with van der Waals surface area (Å²) in [5.41, 5.74) is -0.536. The molecule has 2 amide bonds. The average Bonchev–Trinajstić information content (AvgIpc) is 2.79. The predicted octanol–water partition coefficient (Wildman–Crippen LogP) is 2.67. The zero-order chi connectivity index (χ0) is 18.0. The molecular formula is C18H26N2O4. The van der Waals surface area contributed by atoms with Crippen LogP contribution in [0, 0.1) is 0 Å². The fraction of sp³-hybridized carbons (Fsp3) is 0.556. The third-order valence-corrected chi connectivity index (χ3v) is 3.69. The Kier molecular flexibility index (Phi) is 5.18. The molecule has 6 nitrogen and oxygen atoms in total. The molecule has 24 heavy (non-hydrogen) atoms. The summed E-state index contributed by atoms with van der Waals surface area (Å²) >= 11 is 0. The molecule has 0 saturated carbocycles. The zero-order valence-electron chi connectivity index (χ0n) is 15.0. The van der Waals surface area contributed by atoms with Crippen LogP contribution in [0.1, 0.15) is 40.2 Å². The summed E-state index contributed by atoms with van der Waals surface area (Å²) in [6, 6.07) is 8.90. The molecule has 1 heterocycles. The highest BCUT2D eigenvalue weighted by molar-refractivity contribution is 5.86. The van der Waals surface area contributed by atoms with Crippen LogP contribution < -0.4 is 5.32 Å². The largest absolute Gasteiger partial charge is 0.444 e. The number of ether oxygens (including phenoxy) is 2. The molecular weight excluding hydrogens is 308 g/mol. The van der Waals surface area contributed by atoms with Crippen LogP contribution in [0.4, 0.5) is 4.79 Å². The van der Waals surface area contributed by atoms with Crippen molar-refractivity contribution < 1.29 is 19.1 Å². The highest BCUT2D eigenvalue weighted by atomic mass is 16.6. The van der Waals surface area contributed by atoms with Gasteiger partial charge >= 0.3 is 6.09 Å². The van der Waals surface area contributed by atoms with E-state index in [4.69, 9.17) is 9.47 Å². The van der Waals surface area contributed by atoms with E-state index in [1.54, 1.807) is 34.6 Å². The number of nitrogens with one attached hydrogen (secondary N) is 1. The van der Waals surface area contributed by atoms with E-state index in [9.17, 15) is 9.59 Å². The molecule has 132 valence electrons. The van der Waals surface area contributed by atoms with Crippen molar-refractivity contribution >= 4 is 12.0 Å². The van der Waals surface area contributed by atoms with Crippen molar-refractivity contribution in [2.75, 3.05) is 6.61 Å². The Labute approximate surface area is 143 Å². The summed E-state index contributed by atoms with van der Waals surface area (Å²) in [5.74, 6) is -0.254. The van der Waals surface area contributed by atoms with E-state index in [1.807, 2.05) is 30.3 Å². The fourth-order valence-corrected chi connectivity index (χ4v) is 2.56. The average molecular weight is 334 g/mol. The summed E-state index contributed by atoms with van der Waals surface area (Å²) in [5, 5.41) is 2.86. The monoisotopic (exact) mass is 334 g/mol. The van der Waals surface area contributed by atoms with E-state index >= 15 is 0 Å². The lowest BCUT2D eigenvalue weighted by Gasteiger charge is -2.34. The van der Waals surface area contributed by atoms with Gasteiger partial charge in [0, 0.05) is 6.54 Å². The summed E-state index contributed by atoms with van der Waals surface area (Å²) < 4.78 is 11.1. The molecule has 0 aliphatic carbocycles. The third kappa shape index (κ3) is 4.47. The number of rotatable bonds is 3. The second kappa shape index (κ2) is 6.81. The van der Waals surface area contributed by atoms with Crippen LogP contribution in [0.15, 0.2) is 30.3 Å². The van der Waals surface area contributed by atoms with Gasteiger partial charge in [-0.25, -0.2) is 4.79 Å². The molecule has 0 radical (unpaired) electrons. The van der Waals surface area contributed by atoms with Gasteiger partial charge in [0.25, 0.3) is 0 Å². The van der Waals surface area contributed by atoms with Crippen molar-refractivity contribution in [3.63, 3.8) is 0 Å². The SMILES string of the molecule is CC(C)(C)OC(=O)N1[C@H](C(=O)NCc2ccccc2)COC1(C)C. The van der Waals surface area contributed by atoms with Crippen molar-refractivity contribution in [3.8, 4) is 0 Å². The van der Waals surface area contributed by atoms with Crippen molar-refractivity contribution in [1.29, 1.82) is 0 Å². The zero-order valence-corrected chi connectivity index (χ0v) is 15.0. The first kappa shape index (κ1) is 18.3. The van der Waals surface area contributed by atoms with Crippen LogP contribution in [0.25, 0.3) is 0 Å². The van der Waals surface area contributed by atoms with E-state index in [0.717, 1.165) is 5.56 Å². The first-order valence-corrected chi connectivity index (χ1v) is 8.08. The van der Waals surface area contributed by atoms with Crippen LogP contribution in [-0.4, -0.2) is 40.9 Å². The van der Waals surface area contributed by atoms with Gasteiger partial charge in [-0.05, 0) is 40.2 Å². The summed E-state index contributed by atoms with van der Waals surface area (Å²) in [6.07, 6.45) is -0.551. The van der Waals surface area contributed by atoms with Gasteiger partial charge in [-0.2, -0.15) is 0 Å². The lowest BCUT2D eigenvalue weighted by Crippen LogP contribution is -2.54. The second-order valence-electron chi connectivity index (χ2n) is 7.33. The number of carbonyl (C=O) groups is 2. The molecule has 1 atom stereocenters. The first-order chi connectivity index (χ1) is 11.1. The Morgan fingerprint density at radius 2 is 1.92 bits per heavy atom. The number of benzene rings is 1. The molecule has 0 aromatic heterocycles. The van der Waals surface area contributed by atoms with E-state index in [-0.39, 0.29) is 12.5 Å². The maximum Gasteiger partial charge on any atom is 0.413 e. The minimum atomic E-state index is -0.892. The van der Waals surface area contributed by atoms with E-state index < -0.39 is 23.5 Å². The van der Waals surface area contributed by atoms with Crippen molar-refractivity contribution in [1.82, 2.24) is 10.2 Å². The summed E-state index contributed by atoms with van der Waals surface area (Å²) in [7, 11) is 0. The van der Waals surface area contributed by atoms with Crippen LogP contribution in [0.2, 0.25) is 0 Å². The third-order valence-electron chi connectivity index (χ3n) is 3.69. The van der Waals surface area contributed by atoms with Crippen LogP contribution in [0.5, 0.6) is 0 Å². The first-order valence-electron chi connectivity index (χ1n) is 8.08. The van der Waals surface area contributed by atoms with Gasteiger partial charge in [-0.15, -0.1) is 0 Å². The normalized spacial score (nSPS) is 19.9. The molecule has 0 spiro atoms. The van der Waals surface area contributed by atoms with Crippen molar-refractivity contribution in [3.05, 3.63) is 35.9 Å². The molecule has 1 aromatic carbocycles. The molecule has 1 aliphatic heterocycles. The Morgan fingerprint density at radius 3 is 2.50 bits per heavy atom. The topological polar surface area (TPSA) is 67.9 Å². The minimum Gasteiger partial charge on any atom is -0.444 e. The van der Waals surface area contributed by atoms with E-state index in [1.165, 1.54) is 4.90 Å². The van der Waals surface area contributed by atoms with Gasteiger partial charge < -0.3 is 14.8 Å². The maximum absolute atomic E-state index is 12.5. The Balaban J connectivity index is 2.06. The molecule has 0 bridgehead atoms. The van der Waals surface area contributed by atoms with Gasteiger partial charge in [-0.1, -0.05) is 30.3 Å². The van der Waals surface area contributed by atoms with Crippen LogP contribution >= 0.6 is 0 Å². The Morgan fingerprint density at radius 1 is 1.29 bits per heavy atom. The van der Waals surface area contributed by atoms with Gasteiger partial charge in [-0.3, -0.25) is 9.69 Å². The van der Waals surface area contributed by atoms with Gasteiger partial charge in [0.15, 0.2) is 0 Å². The molecule has 1 N–H and O–H groups in total. The predicted molar refractivity (Wildman–Crippen MR) is 90.2 cm³/mol. The maximum atomic E-state index is 12.5. The molecule has 1 saturated heterocycles. The summed E-state index contributed by atoms with van der Waals surface area (Å²) in [4.78, 5) is 26.4. The molecule has 6 heteroatoms. The number of hydrogen-bond donors (Lipinski definition) is 1. The molecule has 2 rings (SSSR count). The van der Waals surface area contributed by atoms with Crippen molar-refractivity contribution in [2.24, 2.45) is 0 Å². The molecule has 1 aromatic rings. The van der Waals surface area contributed by atoms with Crippen LogP contribution in [0.3, 0.4) is 0 Å². The Bertz CT molecular complexity index is 593. The standard InChI is InChI=1S/C18H26N2O4/c1-17(2,3)24-16(22)20-14(12-23-18(20,4)5)15(21)19-11-13-9-7-6-8-10-13/h6-10,14H,11-12H2,1-5H3,(H,19,21)/t14-/m0/s1. The second-order valence-corrected chi connectivity index (χ2v) is 7.33. The number of amides is 2. The van der Waals surface area contributed by atoms with Crippen molar-refractivity contribution in [2.45, 2.75) is 58.5 Å². The fourth-order valence-electron chi connectivity index (χ4n) is 2.56. The van der Waals surface area contributed by atoms with Crippen LogP contribution in [-0.2, 0) is 20.8 Å². The molecule has 1 fully saturated rings. The van der Waals surface area contributed by atoms with Gasteiger partial charge in [0.2, 0.25) is 5.91 Å². The van der Waals surface area contributed by atoms with Gasteiger partial charge in [0.1, 0.15) is 17.4 Å². The van der Waals surface area contributed by atoms with E-state index in [2.05, 4.69) is 5.32 Å². The van der Waals surface area contributed by atoms with Gasteiger partial charge in [0.05, 0.1) is 6.61 Å². The number of carbonyl (C=O) groups excluding carboxylic acids is 2. The number of hydrogen-bond acceptors (Lipinski definition) is 4. The highest BCUT2D eigenvalue weighted by Gasteiger charge is 2.48. The van der Waals surface area contributed by atoms with E-state index in [0.29, 0.717) is 6.54 Å². The Hall–Kier alpha value is -2.08.